The summed E-state index contributed by atoms with van der Waals surface area (Å²) in [5, 5.41) is 1.61. The molecule has 0 fully saturated rings. The van der Waals surface area contributed by atoms with Crippen LogP contribution in [0.2, 0.25) is 0 Å². The molecule has 0 radical (unpaired) electrons. The number of nitrogens with zero attached hydrogens (tertiary/aromatic N) is 4. The number of carbonyl (C=O) groups excluding carboxylic acids is 1. The summed E-state index contributed by atoms with van der Waals surface area (Å²) in [4.78, 5) is 21.6. The van der Waals surface area contributed by atoms with E-state index in [9.17, 15) is 35.5 Å². The summed E-state index contributed by atoms with van der Waals surface area (Å²) in [6.45, 7) is 0.605. The Bertz CT molecular complexity index is 1500. The summed E-state index contributed by atoms with van der Waals surface area (Å²) >= 11 is 0. The van der Waals surface area contributed by atoms with Crippen LogP contribution in [0.4, 0.5) is 35.5 Å². The highest BCUT2D eigenvalue weighted by Crippen LogP contribution is 2.40. The fraction of sp³-hybridized carbons (Fsp3) is 0.269. The van der Waals surface area contributed by atoms with Gasteiger partial charge in [-0.1, -0.05) is 30.3 Å². The van der Waals surface area contributed by atoms with E-state index in [1.807, 2.05) is 0 Å². The smallest absolute Gasteiger partial charge is 0.413 e. The first-order valence-electron chi connectivity index (χ1n) is 11.8. The van der Waals surface area contributed by atoms with Gasteiger partial charge in [0.05, 0.1) is 12.8 Å². The van der Waals surface area contributed by atoms with Crippen LogP contribution in [-0.2, 0) is 0 Å². The predicted molar refractivity (Wildman–Crippen MR) is 130 cm³/mol. The van der Waals surface area contributed by atoms with Crippen molar-refractivity contribution in [1.29, 1.82) is 0 Å². The molecule has 2 atom stereocenters. The summed E-state index contributed by atoms with van der Waals surface area (Å²) < 4.78 is 105. The topological polar surface area (TPSA) is 71.8 Å². The SMILES string of the molecule is CCN(C(=O)NC(c1cccc(F)c1)C(F)(F)F)C(c1cccc(-c2cn3ccnc3c(OC)n2)c1)C(F)(F)F. The number of methoxy groups -OCH3 is 1. The number of hydrogen-bond acceptors (Lipinski definition) is 4. The van der Waals surface area contributed by atoms with Crippen molar-refractivity contribution in [2.24, 2.45) is 0 Å². The molecular weight excluding hydrogens is 547 g/mol. The van der Waals surface area contributed by atoms with Crippen LogP contribution in [0.3, 0.4) is 0 Å². The van der Waals surface area contributed by atoms with Gasteiger partial charge in [-0.25, -0.2) is 19.2 Å². The Hall–Kier alpha value is -4.36. The van der Waals surface area contributed by atoms with Crippen LogP contribution in [0.5, 0.6) is 5.88 Å². The summed E-state index contributed by atoms with van der Waals surface area (Å²) in [5.41, 5.74) is -0.256. The quantitative estimate of drug-likeness (QED) is 0.259. The molecule has 2 unspecified atom stereocenters. The average molecular weight is 569 g/mol. The first kappa shape index (κ1) is 28.6. The number of imidazole rings is 1. The summed E-state index contributed by atoms with van der Waals surface area (Å²) in [5.74, 6) is -0.886. The highest BCUT2D eigenvalue weighted by molar-refractivity contribution is 5.76. The molecule has 4 rings (SSSR count). The van der Waals surface area contributed by atoms with Gasteiger partial charge in [0, 0.05) is 30.7 Å². The van der Waals surface area contributed by atoms with Crippen LogP contribution >= 0.6 is 0 Å². The molecule has 0 bridgehead atoms. The Balaban J connectivity index is 1.72. The van der Waals surface area contributed by atoms with Crippen LogP contribution < -0.4 is 10.1 Å². The number of ether oxygens (including phenoxy) is 1. The van der Waals surface area contributed by atoms with Gasteiger partial charge < -0.3 is 19.4 Å². The van der Waals surface area contributed by atoms with Crippen LogP contribution in [-0.4, -0.2) is 51.3 Å². The molecule has 2 amide bonds. The van der Waals surface area contributed by atoms with Gasteiger partial charge in [0.15, 0.2) is 17.7 Å². The third-order valence-electron chi connectivity index (χ3n) is 6.04. The molecule has 0 saturated heterocycles. The van der Waals surface area contributed by atoms with Crippen LogP contribution in [0.1, 0.15) is 30.1 Å². The van der Waals surface area contributed by atoms with Crippen molar-refractivity contribution in [3.05, 3.63) is 84.1 Å². The van der Waals surface area contributed by atoms with Gasteiger partial charge in [-0.3, -0.25) is 0 Å². The normalized spacial score (nSPS) is 13.6. The Kier molecular flexibility index (Phi) is 7.89. The van der Waals surface area contributed by atoms with Gasteiger partial charge in [-0.15, -0.1) is 0 Å². The first-order valence-corrected chi connectivity index (χ1v) is 11.8. The Labute approximate surface area is 223 Å². The van der Waals surface area contributed by atoms with E-state index in [1.165, 1.54) is 38.6 Å². The number of rotatable bonds is 7. The number of alkyl halides is 6. The van der Waals surface area contributed by atoms with Crippen molar-refractivity contribution >= 4 is 11.7 Å². The van der Waals surface area contributed by atoms with Crippen molar-refractivity contribution < 1.29 is 40.3 Å². The molecule has 14 heteroatoms. The molecule has 212 valence electrons. The zero-order chi connectivity index (χ0) is 29.2. The van der Waals surface area contributed by atoms with E-state index >= 15 is 0 Å². The minimum Gasteiger partial charge on any atom is -0.478 e. The lowest BCUT2D eigenvalue weighted by Gasteiger charge is -2.34. The third kappa shape index (κ3) is 5.95. The van der Waals surface area contributed by atoms with E-state index in [0.29, 0.717) is 11.7 Å². The van der Waals surface area contributed by atoms with Crippen LogP contribution in [0, 0.1) is 5.82 Å². The number of fused-ring (bicyclic) bond motifs is 1. The van der Waals surface area contributed by atoms with E-state index in [0.717, 1.165) is 30.3 Å². The van der Waals surface area contributed by atoms with Crippen LogP contribution in [0.15, 0.2) is 67.1 Å². The fourth-order valence-corrected chi connectivity index (χ4v) is 4.28. The Morgan fingerprint density at radius 2 is 1.75 bits per heavy atom. The summed E-state index contributed by atoms with van der Waals surface area (Å²) in [7, 11) is 1.35. The number of amides is 2. The van der Waals surface area contributed by atoms with E-state index in [-0.39, 0.29) is 22.0 Å². The fourth-order valence-electron chi connectivity index (χ4n) is 4.28. The molecule has 0 aliphatic carbocycles. The van der Waals surface area contributed by atoms with Crippen molar-refractivity contribution in [1.82, 2.24) is 24.6 Å². The van der Waals surface area contributed by atoms with E-state index in [1.54, 1.807) is 15.9 Å². The Morgan fingerprint density at radius 1 is 1.05 bits per heavy atom. The van der Waals surface area contributed by atoms with Crippen molar-refractivity contribution in [3.63, 3.8) is 0 Å². The largest absolute Gasteiger partial charge is 0.478 e. The monoisotopic (exact) mass is 569 g/mol. The molecule has 2 aromatic heterocycles. The second kappa shape index (κ2) is 11.0. The van der Waals surface area contributed by atoms with Crippen LogP contribution in [0.25, 0.3) is 16.9 Å². The average Bonchev–Trinajstić information content (AvgIpc) is 3.37. The highest BCUT2D eigenvalue weighted by atomic mass is 19.4. The van der Waals surface area contributed by atoms with Crippen molar-refractivity contribution in [3.8, 4) is 17.1 Å². The number of benzene rings is 2. The van der Waals surface area contributed by atoms with E-state index in [2.05, 4.69) is 9.97 Å². The van der Waals surface area contributed by atoms with E-state index in [4.69, 9.17) is 4.74 Å². The first-order chi connectivity index (χ1) is 18.8. The number of urea groups is 1. The minimum absolute atomic E-state index is 0.116. The molecule has 7 nitrogen and oxygen atoms in total. The molecule has 0 saturated carbocycles. The number of halogens is 7. The van der Waals surface area contributed by atoms with Gasteiger partial charge in [0.25, 0.3) is 5.88 Å². The standard InChI is InChI=1S/C26H22F7N5O2/c1-3-38(24(39)36-20(25(28,29)30)16-7-5-9-18(27)13-16)21(26(31,32)33)17-8-4-6-15(12-17)19-14-37-11-10-34-22(37)23(35-19)40-2/h4-14,20-21H,3H2,1-2H3,(H,36,39). The third-order valence-corrected chi connectivity index (χ3v) is 6.04. The lowest BCUT2D eigenvalue weighted by molar-refractivity contribution is -0.179. The van der Waals surface area contributed by atoms with Crippen molar-refractivity contribution in [2.45, 2.75) is 31.4 Å². The predicted octanol–water partition coefficient (Wildman–Crippen LogP) is 6.48. The molecule has 0 spiro atoms. The van der Waals surface area contributed by atoms with E-state index < -0.39 is 54.0 Å². The number of hydrogen-bond donors (Lipinski definition) is 1. The second-order valence-electron chi connectivity index (χ2n) is 8.63. The maximum Gasteiger partial charge on any atom is 0.413 e. The molecule has 40 heavy (non-hydrogen) atoms. The number of nitrogens with one attached hydrogen (secondary N) is 1. The molecule has 2 heterocycles. The zero-order valence-corrected chi connectivity index (χ0v) is 21.0. The van der Waals surface area contributed by atoms with Gasteiger partial charge in [0.1, 0.15) is 5.82 Å². The van der Waals surface area contributed by atoms with Gasteiger partial charge in [-0.2, -0.15) is 26.3 Å². The second-order valence-corrected chi connectivity index (χ2v) is 8.63. The Morgan fingerprint density at radius 3 is 2.38 bits per heavy atom. The minimum atomic E-state index is -5.12. The molecular formula is C26H22F7N5O2. The summed E-state index contributed by atoms with van der Waals surface area (Å²) in [6, 6.07) is 1.43. The maximum absolute atomic E-state index is 14.4. The number of carbonyl (C=O) groups is 1. The molecule has 1 N–H and O–H groups in total. The molecule has 0 aliphatic heterocycles. The lowest BCUT2D eigenvalue weighted by atomic mass is 10.0. The molecule has 4 aromatic rings. The van der Waals surface area contributed by atoms with Crippen molar-refractivity contribution in [2.75, 3.05) is 13.7 Å². The molecule has 2 aromatic carbocycles. The zero-order valence-electron chi connectivity index (χ0n) is 21.0. The number of aromatic nitrogens is 3. The van der Waals surface area contributed by atoms with Gasteiger partial charge in [0.2, 0.25) is 0 Å². The van der Waals surface area contributed by atoms with Gasteiger partial charge >= 0.3 is 18.4 Å². The lowest BCUT2D eigenvalue weighted by Crippen LogP contribution is -2.50. The maximum atomic E-state index is 14.4. The van der Waals surface area contributed by atoms with Gasteiger partial charge in [-0.05, 0) is 36.2 Å². The highest BCUT2D eigenvalue weighted by Gasteiger charge is 2.48. The summed E-state index contributed by atoms with van der Waals surface area (Å²) in [6.07, 6.45) is -5.60. The molecule has 0 aliphatic rings.